The van der Waals surface area contributed by atoms with Gasteiger partial charge in [-0.25, -0.2) is 4.79 Å². The van der Waals surface area contributed by atoms with E-state index in [0.717, 1.165) is 54.6 Å². The van der Waals surface area contributed by atoms with Gasteiger partial charge in [-0.1, -0.05) is 106 Å². The molecule has 28 unspecified atom stereocenters. The lowest BCUT2D eigenvalue weighted by molar-refractivity contribution is -0.293. The van der Waals surface area contributed by atoms with E-state index >= 15 is 0 Å². The monoisotopic (exact) mass is 1400 g/mol. The van der Waals surface area contributed by atoms with Crippen LogP contribution in [0.15, 0.2) is 73.4 Å². The molecule has 0 radical (unpaired) electrons. The Balaban J connectivity index is 0.730. The van der Waals surface area contributed by atoms with Crippen molar-refractivity contribution in [1.82, 2.24) is 5.32 Å². The highest BCUT2D eigenvalue weighted by Crippen LogP contribution is 2.55. The molecule has 21 heteroatoms. The Labute approximate surface area is 588 Å². The summed E-state index contributed by atoms with van der Waals surface area (Å²) in [5.74, 6) is -1.35. The summed E-state index contributed by atoms with van der Waals surface area (Å²) in [6.45, 7) is 37.0. The predicted octanol–water partition coefficient (Wildman–Crippen LogP) is 12.3. The van der Waals surface area contributed by atoms with E-state index in [1.807, 2.05) is 38.1 Å². The van der Waals surface area contributed by atoms with Crippen molar-refractivity contribution in [2.24, 2.45) is 35.5 Å². The van der Waals surface area contributed by atoms with Gasteiger partial charge in [-0.2, -0.15) is 0 Å². The summed E-state index contributed by atoms with van der Waals surface area (Å²) < 4.78 is 100. The van der Waals surface area contributed by atoms with Crippen LogP contribution in [0, 0.1) is 35.5 Å². The molecule has 550 valence electrons. The van der Waals surface area contributed by atoms with Gasteiger partial charge in [0.15, 0.2) is 19.9 Å². The second-order valence-corrected chi connectivity index (χ2v) is 37.7. The van der Waals surface area contributed by atoms with Crippen molar-refractivity contribution >= 4 is 31.9 Å². The standard InChI is InChI=1S/C78H115NO19Si/c1-16-29-85-76(83)79-40-66-46(6)35-64(98-99(14,15)77(10,11)12)68(94-66)47(7)31-52(81)30-43(3)57(86-41-50-17-20-53(84-13)21-18-50)24-19-51(80)36-60-45(5)34-62-69(92-60)49(9)70-63(90-62)38-61-48(8)42(2)32-54(88-61)22-25-58-44(4)33-56(87-58)27-28-78-39-65-72(96-78)73-74(93-65)75(97-78)71-59(91-73)26-23-55(89-71)37-67(82)95-70/h16-21,24,42-43,45-47,49,54-66,68-75H,1,4,8,22-23,25-41H2,2-3,5-7,9-15H3,(H,79,83). The van der Waals surface area contributed by atoms with Crippen molar-refractivity contribution in [2.75, 3.05) is 20.3 Å². The number of rotatable bonds is 20. The van der Waals surface area contributed by atoms with Crippen molar-refractivity contribution in [1.29, 1.82) is 0 Å². The first kappa shape index (κ1) is 74.5. The van der Waals surface area contributed by atoms with Gasteiger partial charge in [0.1, 0.15) is 54.8 Å². The van der Waals surface area contributed by atoms with Gasteiger partial charge in [-0.15, -0.1) is 0 Å². The van der Waals surface area contributed by atoms with Crippen LogP contribution >= 0.6 is 0 Å². The molecule has 1 spiro atoms. The molecule has 12 saturated heterocycles. The predicted molar refractivity (Wildman–Crippen MR) is 371 cm³/mol. The van der Waals surface area contributed by atoms with Gasteiger partial charge in [0.25, 0.3) is 0 Å². The summed E-state index contributed by atoms with van der Waals surface area (Å²) in [6.07, 6.45) is 5.98. The minimum Gasteiger partial charge on any atom is -0.497 e. The van der Waals surface area contributed by atoms with Gasteiger partial charge in [0.2, 0.25) is 0 Å². The molecule has 1 aromatic carbocycles. The second-order valence-electron chi connectivity index (χ2n) is 33.0. The average molecular weight is 1400 g/mol. The van der Waals surface area contributed by atoms with E-state index in [4.69, 9.17) is 70.7 Å². The number of ketones is 2. The zero-order chi connectivity index (χ0) is 70.4. The summed E-state index contributed by atoms with van der Waals surface area (Å²) >= 11 is 0. The summed E-state index contributed by atoms with van der Waals surface area (Å²) in [6, 6.07) is 7.64. The molecule has 1 aromatic rings. The lowest BCUT2D eigenvalue weighted by atomic mass is 9.77. The van der Waals surface area contributed by atoms with Crippen LogP contribution in [0.5, 0.6) is 5.75 Å². The van der Waals surface area contributed by atoms with Gasteiger partial charge in [-0.3, -0.25) is 14.4 Å². The molecule has 12 bridgehead atoms. The molecule has 12 aliphatic heterocycles. The van der Waals surface area contributed by atoms with Gasteiger partial charge in [0, 0.05) is 51.0 Å². The number of hydrogen-bond acceptors (Lipinski definition) is 19. The second kappa shape index (κ2) is 31.2. The molecule has 0 saturated carbocycles. The Morgan fingerprint density at radius 2 is 1.43 bits per heavy atom. The number of benzene rings is 1. The fourth-order valence-electron chi connectivity index (χ4n) is 17.6. The number of carbonyl (C=O) groups is 4. The smallest absolute Gasteiger partial charge is 0.407 e. The maximum Gasteiger partial charge on any atom is 0.407 e. The zero-order valence-electron chi connectivity index (χ0n) is 60.9. The van der Waals surface area contributed by atoms with Crippen LogP contribution in [0.3, 0.4) is 0 Å². The first-order valence-electron chi connectivity index (χ1n) is 37.5. The molecule has 13 rings (SSSR count). The third kappa shape index (κ3) is 17.0. The van der Waals surface area contributed by atoms with Crippen LogP contribution in [0.4, 0.5) is 4.79 Å². The molecule has 1 amide bonds. The SMILES string of the molecule is C=CCOC(=O)NCC1OC(C(C)CC(=O)CC(C)C(C=CC(=O)CC2OC3C(CC2C)OC2CC4OC(CCC5OC(CCC67CC8OC9C(OC%10CCC(CC(=O)OC2C3C)OC%10C9O6)C8O7)CC5=C)CC(C)C4=C)OCc2ccc(OC)cc2)C(O[Si](C)(C)C(C)(C)C)CC1C. The number of alkyl carbamates (subject to hydrolysis) is 1. The molecule has 99 heavy (non-hydrogen) atoms. The van der Waals surface area contributed by atoms with Crippen LogP contribution in [0.25, 0.3) is 0 Å². The number of carbonyl (C=O) groups excluding carboxylic acids is 4. The Kier molecular flexibility index (Phi) is 23.5. The average Bonchev–Trinajstić information content (AvgIpc) is 1.55. The molecule has 28 atom stereocenters. The summed E-state index contributed by atoms with van der Waals surface area (Å²) in [7, 11) is -0.656. The lowest BCUT2D eigenvalue weighted by Crippen LogP contribution is -2.62. The van der Waals surface area contributed by atoms with Gasteiger partial charge >= 0.3 is 12.1 Å². The molecule has 0 aromatic heterocycles. The number of fused-ring (bicyclic) bond motifs is 7. The van der Waals surface area contributed by atoms with E-state index in [2.05, 4.69) is 86.6 Å². The van der Waals surface area contributed by atoms with E-state index in [1.165, 1.54) is 6.08 Å². The molecular weight excluding hydrogens is 1280 g/mol. The fourth-order valence-corrected chi connectivity index (χ4v) is 19.0. The summed E-state index contributed by atoms with van der Waals surface area (Å²) in [5, 5.41) is 2.80. The molecule has 20 nitrogen and oxygen atoms in total. The third-order valence-corrected chi connectivity index (χ3v) is 28.9. The molecule has 0 aliphatic carbocycles. The van der Waals surface area contributed by atoms with Gasteiger partial charge < -0.3 is 76.1 Å². The van der Waals surface area contributed by atoms with E-state index < -0.39 is 81.1 Å². The Bertz CT molecular complexity index is 3060. The van der Waals surface area contributed by atoms with Gasteiger partial charge in [-0.05, 0) is 140 Å². The number of ether oxygens (including phenoxy) is 14. The highest BCUT2D eigenvalue weighted by atomic mass is 28.4. The molecular formula is C78H115NO19Si. The summed E-state index contributed by atoms with van der Waals surface area (Å²) in [4.78, 5) is 56.2. The quantitative estimate of drug-likeness (QED) is 0.0555. The zero-order valence-corrected chi connectivity index (χ0v) is 61.9. The van der Waals surface area contributed by atoms with Crippen LogP contribution in [0.1, 0.15) is 171 Å². The normalized spacial score (nSPS) is 40.9. The number of methoxy groups -OCH3 is 1. The maximum absolute atomic E-state index is 14.7. The van der Waals surface area contributed by atoms with Crippen LogP contribution < -0.4 is 10.1 Å². The highest BCUT2D eigenvalue weighted by Gasteiger charge is 2.69. The number of Topliss-reactive ketones (excluding diaryl/α,β-unsaturated/α-hetero) is 1. The number of allylic oxidation sites excluding steroid dienone is 1. The van der Waals surface area contributed by atoms with E-state index in [1.54, 1.807) is 19.3 Å². The van der Waals surface area contributed by atoms with Crippen molar-refractivity contribution in [3.05, 3.63) is 78.9 Å². The molecule has 12 aliphatic rings. The minimum absolute atomic E-state index is 0.00557. The Morgan fingerprint density at radius 1 is 0.727 bits per heavy atom. The van der Waals surface area contributed by atoms with Crippen LogP contribution in [-0.2, 0) is 87.0 Å². The van der Waals surface area contributed by atoms with Gasteiger partial charge in [0.05, 0.1) is 112 Å². The van der Waals surface area contributed by atoms with E-state index in [0.29, 0.717) is 44.9 Å². The number of hydrogen-bond donors (Lipinski definition) is 1. The van der Waals surface area contributed by atoms with Crippen LogP contribution in [0.2, 0.25) is 18.1 Å². The first-order valence-corrected chi connectivity index (χ1v) is 40.4. The van der Waals surface area contributed by atoms with Crippen molar-refractivity contribution in [2.45, 2.75) is 324 Å². The molecule has 12 heterocycles. The molecule has 12 fully saturated rings. The number of amides is 1. The lowest BCUT2D eigenvalue weighted by Gasteiger charge is -2.51. The molecule has 1 N–H and O–H groups in total. The number of esters is 1. The minimum atomic E-state index is -2.28. The van der Waals surface area contributed by atoms with Crippen molar-refractivity contribution < 1.29 is 89.9 Å². The Morgan fingerprint density at radius 3 is 2.19 bits per heavy atom. The van der Waals surface area contributed by atoms with Crippen molar-refractivity contribution in [3.63, 3.8) is 0 Å². The van der Waals surface area contributed by atoms with Crippen molar-refractivity contribution in [3.8, 4) is 5.75 Å². The largest absolute Gasteiger partial charge is 0.497 e. The highest BCUT2D eigenvalue weighted by molar-refractivity contribution is 6.74. The fraction of sp³-hybridized carbons (Fsp3) is 0.769. The van der Waals surface area contributed by atoms with E-state index in [-0.39, 0.29) is 171 Å². The topological polar surface area (TPSA) is 219 Å². The van der Waals surface area contributed by atoms with Crippen LogP contribution in [-0.4, -0.2) is 186 Å². The first-order chi connectivity index (χ1) is 47.1. The van der Waals surface area contributed by atoms with E-state index in [9.17, 15) is 19.2 Å². The summed E-state index contributed by atoms with van der Waals surface area (Å²) in [5.41, 5.74) is 3.02. The third-order valence-electron chi connectivity index (χ3n) is 24.4. The maximum atomic E-state index is 14.7. The Hall–Kier alpha value is -4.20. The number of nitrogens with one attached hydrogen (secondary N) is 1.